The number of carbonyl (C=O) groups excluding carboxylic acids is 2. The van der Waals surface area contributed by atoms with E-state index < -0.39 is 6.04 Å². The molecule has 1 unspecified atom stereocenters. The lowest BCUT2D eigenvalue weighted by molar-refractivity contribution is -0.126. The molecule has 2 heterocycles. The fourth-order valence-corrected chi connectivity index (χ4v) is 2.94. The molecule has 0 radical (unpaired) electrons. The molecule has 23 heavy (non-hydrogen) atoms. The van der Waals surface area contributed by atoms with Gasteiger partial charge in [-0.15, -0.1) is 0 Å². The highest BCUT2D eigenvalue weighted by molar-refractivity contribution is 5.87. The summed E-state index contributed by atoms with van der Waals surface area (Å²) >= 11 is 0. The van der Waals surface area contributed by atoms with Crippen LogP contribution >= 0.6 is 0 Å². The third-order valence-corrected chi connectivity index (χ3v) is 4.29. The van der Waals surface area contributed by atoms with Crippen molar-refractivity contribution >= 4 is 22.8 Å². The van der Waals surface area contributed by atoms with E-state index in [9.17, 15) is 9.59 Å². The van der Waals surface area contributed by atoms with Gasteiger partial charge in [-0.05, 0) is 30.9 Å². The van der Waals surface area contributed by atoms with Gasteiger partial charge in [-0.3, -0.25) is 4.79 Å². The number of aryl methyl sites for hydroxylation is 1. The molecule has 0 spiro atoms. The minimum absolute atomic E-state index is 0.0924. The van der Waals surface area contributed by atoms with E-state index in [-0.39, 0.29) is 11.9 Å². The van der Waals surface area contributed by atoms with E-state index in [2.05, 4.69) is 39.6 Å². The molecule has 122 valence electrons. The molecule has 3 rings (SSSR count). The molecule has 1 fully saturated rings. The summed E-state index contributed by atoms with van der Waals surface area (Å²) in [5.41, 5.74) is 1.21. The minimum Gasteiger partial charge on any atom is -0.353 e. The Hall–Kier alpha value is -2.50. The van der Waals surface area contributed by atoms with Crippen molar-refractivity contribution < 1.29 is 9.59 Å². The summed E-state index contributed by atoms with van der Waals surface area (Å²) in [6.45, 7) is 4.27. The highest BCUT2D eigenvalue weighted by Gasteiger charge is 2.28. The number of hydrogen-bond donors (Lipinski definition) is 2. The molecule has 3 amide bonds. The largest absolute Gasteiger partial charge is 0.353 e. The van der Waals surface area contributed by atoms with Gasteiger partial charge >= 0.3 is 6.03 Å². The van der Waals surface area contributed by atoms with Crippen LogP contribution < -0.4 is 10.6 Å². The van der Waals surface area contributed by atoms with Crippen molar-refractivity contribution in [2.75, 3.05) is 19.6 Å². The standard InChI is InChI=1S/C17H22N4O2/c1-13-16(22)18-9-12-21(13)17(23)19-8-4-10-20-11-7-14-5-2-3-6-15(14)20/h2-3,5-7,11,13H,4,8-10,12H2,1H3,(H,18,22)(H,19,23). The van der Waals surface area contributed by atoms with Gasteiger partial charge in [0.2, 0.25) is 5.91 Å². The molecule has 0 aliphatic carbocycles. The predicted molar refractivity (Wildman–Crippen MR) is 89.1 cm³/mol. The van der Waals surface area contributed by atoms with Crippen molar-refractivity contribution in [2.24, 2.45) is 0 Å². The third-order valence-electron chi connectivity index (χ3n) is 4.29. The number of amides is 3. The zero-order valence-electron chi connectivity index (χ0n) is 13.3. The van der Waals surface area contributed by atoms with Gasteiger partial charge in [0.1, 0.15) is 6.04 Å². The number of benzene rings is 1. The molecule has 2 aromatic rings. The summed E-state index contributed by atoms with van der Waals surface area (Å²) in [5.74, 6) is -0.0924. The molecule has 0 saturated carbocycles. The quantitative estimate of drug-likeness (QED) is 0.841. The lowest BCUT2D eigenvalue weighted by Gasteiger charge is -2.32. The minimum atomic E-state index is -0.405. The van der Waals surface area contributed by atoms with Crippen LogP contribution in [0.2, 0.25) is 0 Å². The number of nitrogens with zero attached hydrogens (tertiary/aromatic N) is 2. The molecule has 1 aliphatic rings. The van der Waals surface area contributed by atoms with Gasteiger partial charge < -0.3 is 20.1 Å². The number of aromatic nitrogens is 1. The van der Waals surface area contributed by atoms with E-state index in [1.54, 1.807) is 11.8 Å². The van der Waals surface area contributed by atoms with E-state index in [1.165, 1.54) is 10.9 Å². The van der Waals surface area contributed by atoms with Gasteiger partial charge in [0.25, 0.3) is 0 Å². The highest BCUT2D eigenvalue weighted by atomic mass is 16.2. The SMILES string of the molecule is CC1C(=O)NCCN1C(=O)NCCCn1ccc2ccccc21. The summed E-state index contributed by atoms with van der Waals surface area (Å²) in [4.78, 5) is 25.3. The molecule has 6 heteroatoms. The van der Waals surface area contributed by atoms with Gasteiger partial charge in [-0.2, -0.15) is 0 Å². The molecule has 1 aliphatic heterocycles. The number of carbonyl (C=O) groups is 2. The van der Waals surface area contributed by atoms with E-state index >= 15 is 0 Å². The second-order valence-electron chi connectivity index (χ2n) is 5.81. The predicted octanol–water partition coefficient (Wildman–Crippen LogP) is 1.56. The van der Waals surface area contributed by atoms with Crippen LogP contribution in [0.15, 0.2) is 36.5 Å². The Morgan fingerprint density at radius 2 is 2.17 bits per heavy atom. The van der Waals surface area contributed by atoms with Crippen molar-refractivity contribution in [3.8, 4) is 0 Å². The maximum absolute atomic E-state index is 12.2. The van der Waals surface area contributed by atoms with Crippen LogP contribution in [0, 0.1) is 0 Å². The van der Waals surface area contributed by atoms with Crippen LogP contribution in [-0.2, 0) is 11.3 Å². The van der Waals surface area contributed by atoms with Gasteiger partial charge in [0.05, 0.1) is 0 Å². The average Bonchev–Trinajstić information content (AvgIpc) is 2.97. The third kappa shape index (κ3) is 3.31. The first-order valence-corrected chi connectivity index (χ1v) is 8.03. The van der Waals surface area contributed by atoms with E-state index in [0.717, 1.165) is 13.0 Å². The summed E-state index contributed by atoms with van der Waals surface area (Å²) in [6.07, 6.45) is 2.92. The lowest BCUT2D eigenvalue weighted by Crippen LogP contribution is -2.58. The lowest BCUT2D eigenvalue weighted by atomic mass is 10.2. The molecular formula is C17H22N4O2. The van der Waals surface area contributed by atoms with Gasteiger partial charge in [-0.1, -0.05) is 18.2 Å². The first-order valence-electron chi connectivity index (χ1n) is 8.03. The maximum Gasteiger partial charge on any atom is 0.318 e. The second kappa shape index (κ2) is 6.73. The zero-order valence-corrected chi connectivity index (χ0v) is 13.3. The summed E-state index contributed by atoms with van der Waals surface area (Å²) in [6, 6.07) is 9.79. The fraction of sp³-hybridized carbons (Fsp3) is 0.412. The molecule has 0 bridgehead atoms. The first-order chi connectivity index (χ1) is 11.2. The van der Waals surface area contributed by atoms with Crippen molar-refractivity contribution in [3.63, 3.8) is 0 Å². The maximum atomic E-state index is 12.2. The number of para-hydroxylation sites is 1. The summed E-state index contributed by atoms with van der Waals surface area (Å²) in [5, 5.41) is 6.89. The molecule has 2 N–H and O–H groups in total. The Balaban J connectivity index is 1.48. The van der Waals surface area contributed by atoms with Crippen molar-refractivity contribution in [2.45, 2.75) is 25.9 Å². The molecule has 6 nitrogen and oxygen atoms in total. The van der Waals surface area contributed by atoms with Crippen molar-refractivity contribution in [1.82, 2.24) is 20.1 Å². The van der Waals surface area contributed by atoms with Crippen molar-refractivity contribution in [1.29, 1.82) is 0 Å². The molecule has 1 atom stereocenters. The Bertz CT molecular complexity index is 709. The Morgan fingerprint density at radius 3 is 3.04 bits per heavy atom. The number of urea groups is 1. The number of hydrogen-bond acceptors (Lipinski definition) is 2. The molecule has 1 aromatic carbocycles. The van der Waals surface area contributed by atoms with E-state index in [0.29, 0.717) is 19.6 Å². The Kier molecular flexibility index (Phi) is 4.50. The topological polar surface area (TPSA) is 66.4 Å². The van der Waals surface area contributed by atoms with Crippen LogP contribution in [0.3, 0.4) is 0 Å². The summed E-state index contributed by atoms with van der Waals surface area (Å²) in [7, 11) is 0. The number of rotatable bonds is 4. The van der Waals surface area contributed by atoms with Gasteiger partial charge in [0.15, 0.2) is 0 Å². The summed E-state index contributed by atoms with van der Waals surface area (Å²) < 4.78 is 2.19. The van der Waals surface area contributed by atoms with E-state index in [1.807, 2.05) is 12.1 Å². The first kappa shape index (κ1) is 15.4. The zero-order chi connectivity index (χ0) is 16.2. The monoisotopic (exact) mass is 314 g/mol. The smallest absolute Gasteiger partial charge is 0.318 e. The van der Waals surface area contributed by atoms with Crippen LogP contribution in [0.5, 0.6) is 0 Å². The molecular weight excluding hydrogens is 292 g/mol. The van der Waals surface area contributed by atoms with E-state index in [4.69, 9.17) is 0 Å². The van der Waals surface area contributed by atoms with Gasteiger partial charge in [0, 0.05) is 37.9 Å². The van der Waals surface area contributed by atoms with Crippen LogP contribution in [0.25, 0.3) is 10.9 Å². The second-order valence-corrected chi connectivity index (χ2v) is 5.81. The van der Waals surface area contributed by atoms with Crippen LogP contribution in [0.4, 0.5) is 4.79 Å². The number of fused-ring (bicyclic) bond motifs is 1. The number of piperazine rings is 1. The fourth-order valence-electron chi connectivity index (χ4n) is 2.94. The number of nitrogens with one attached hydrogen (secondary N) is 2. The molecule has 1 aromatic heterocycles. The normalized spacial score (nSPS) is 18.0. The van der Waals surface area contributed by atoms with Crippen LogP contribution in [-0.4, -0.2) is 47.1 Å². The van der Waals surface area contributed by atoms with Crippen LogP contribution in [0.1, 0.15) is 13.3 Å². The average molecular weight is 314 g/mol. The van der Waals surface area contributed by atoms with Crippen molar-refractivity contribution in [3.05, 3.63) is 36.5 Å². The Morgan fingerprint density at radius 1 is 1.35 bits per heavy atom. The molecule has 1 saturated heterocycles. The van der Waals surface area contributed by atoms with Gasteiger partial charge in [-0.25, -0.2) is 4.79 Å². The Labute approximate surface area is 135 Å². The highest BCUT2D eigenvalue weighted by Crippen LogP contribution is 2.15.